The van der Waals surface area contributed by atoms with Gasteiger partial charge in [0.1, 0.15) is 0 Å². The first-order chi connectivity index (χ1) is 20.1. The smallest absolute Gasteiger partial charge is 0.0845 e. The number of aryl methyl sites for hydroxylation is 2. The second kappa shape index (κ2) is 13.1. The van der Waals surface area contributed by atoms with E-state index in [0.29, 0.717) is 5.92 Å². The van der Waals surface area contributed by atoms with Crippen LogP contribution in [-0.2, 0) is 6.54 Å². The van der Waals surface area contributed by atoms with Crippen molar-refractivity contribution in [3.63, 3.8) is 0 Å². The number of hydrogen-bond acceptors (Lipinski definition) is 4. The molecule has 6 rings (SSSR count). The minimum atomic E-state index is 0.699. The number of piperazine rings is 1. The number of para-hydroxylation sites is 1. The van der Waals surface area contributed by atoms with Gasteiger partial charge in [0, 0.05) is 63.3 Å². The molecule has 5 heteroatoms. The summed E-state index contributed by atoms with van der Waals surface area (Å²) in [6, 6.07) is 26.6. The van der Waals surface area contributed by atoms with E-state index >= 15 is 0 Å². The van der Waals surface area contributed by atoms with Crippen LogP contribution in [0.25, 0.3) is 16.8 Å². The fraction of sp³-hybridized carbons (Fsp3) is 0.417. The molecule has 41 heavy (non-hydrogen) atoms. The lowest BCUT2D eigenvalue weighted by molar-refractivity contribution is 0.257. The van der Waals surface area contributed by atoms with E-state index in [9.17, 15) is 0 Å². The van der Waals surface area contributed by atoms with Crippen LogP contribution in [0.4, 0.5) is 5.69 Å². The summed E-state index contributed by atoms with van der Waals surface area (Å²) < 4.78 is 2.05. The molecule has 2 heterocycles. The molecule has 2 fully saturated rings. The van der Waals surface area contributed by atoms with Crippen LogP contribution >= 0.6 is 0 Å². The molecule has 4 aromatic rings. The van der Waals surface area contributed by atoms with E-state index in [1.807, 2.05) is 4.68 Å². The van der Waals surface area contributed by atoms with Crippen molar-refractivity contribution in [3.05, 3.63) is 101 Å². The molecule has 0 atom stereocenters. The molecule has 0 amide bonds. The van der Waals surface area contributed by atoms with E-state index in [1.54, 1.807) is 0 Å². The standard InChI is InChI=1S/C36H45N5/c1-28-16-17-36(29(2)24-28)40-22-20-39(21-23-40)19-18-37-26-35-34(27-41(38-35)33-14-7-4-8-15-33)32-13-9-12-31(25-32)30-10-5-3-6-11-30/h4,7-9,12-17,24-25,27,30,37H,3,5-6,10-11,18-23,26H2,1-2H3. The van der Waals surface area contributed by atoms with Crippen molar-refractivity contribution in [1.82, 2.24) is 20.0 Å². The molecule has 0 radical (unpaired) electrons. The number of hydrogen-bond donors (Lipinski definition) is 1. The molecule has 214 valence electrons. The van der Waals surface area contributed by atoms with Crippen LogP contribution in [0.5, 0.6) is 0 Å². The normalized spacial score (nSPS) is 16.8. The molecule has 0 unspecified atom stereocenters. The first-order valence-corrected chi connectivity index (χ1v) is 15.6. The fourth-order valence-electron chi connectivity index (χ4n) is 6.71. The molecule has 0 spiro atoms. The lowest BCUT2D eigenvalue weighted by Crippen LogP contribution is -2.48. The Morgan fingerprint density at radius 2 is 1.63 bits per heavy atom. The van der Waals surface area contributed by atoms with Gasteiger partial charge < -0.3 is 10.2 Å². The number of benzene rings is 3. The summed E-state index contributed by atoms with van der Waals surface area (Å²) in [4.78, 5) is 5.13. The molecule has 5 nitrogen and oxygen atoms in total. The quantitative estimate of drug-likeness (QED) is 0.227. The van der Waals surface area contributed by atoms with Gasteiger partial charge in [0.15, 0.2) is 0 Å². The van der Waals surface area contributed by atoms with Crippen molar-refractivity contribution < 1.29 is 0 Å². The van der Waals surface area contributed by atoms with Crippen LogP contribution in [-0.4, -0.2) is 53.9 Å². The lowest BCUT2D eigenvalue weighted by Gasteiger charge is -2.37. The number of aromatic nitrogens is 2. The van der Waals surface area contributed by atoms with Gasteiger partial charge in [-0.1, -0.05) is 79.4 Å². The molecule has 1 N–H and O–H groups in total. The molecule has 0 bridgehead atoms. The molecule has 1 saturated heterocycles. The van der Waals surface area contributed by atoms with E-state index in [2.05, 4.69) is 108 Å². The van der Waals surface area contributed by atoms with Gasteiger partial charge in [0.2, 0.25) is 0 Å². The molecule has 1 aromatic heterocycles. The number of nitrogens with one attached hydrogen (secondary N) is 1. The van der Waals surface area contributed by atoms with Gasteiger partial charge in [-0.05, 0) is 67.5 Å². The van der Waals surface area contributed by atoms with Crippen LogP contribution in [0.1, 0.15) is 60.4 Å². The van der Waals surface area contributed by atoms with Crippen LogP contribution < -0.4 is 10.2 Å². The predicted octanol–water partition coefficient (Wildman–Crippen LogP) is 7.12. The molecule has 1 saturated carbocycles. The zero-order valence-electron chi connectivity index (χ0n) is 24.9. The third-order valence-electron chi connectivity index (χ3n) is 9.05. The SMILES string of the molecule is Cc1ccc(N2CCN(CCNCc3nn(-c4ccccc4)cc3-c3cccc(C4CCCCC4)c3)CC2)c(C)c1. The Bertz CT molecular complexity index is 1410. The van der Waals surface area contributed by atoms with E-state index < -0.39 is 0 Å². The van der Waals surface area contributed by atoms with Crippen molar-refractivity contribution >= 4 is 5.69 Å². The summed E-state index contributed by atoms with van der Waals surface area (Å²) in [6.45, 7) is 11.6. The fourth-order valence-corrected chi connectivity index (χ4v) is 6.71. The highest BCUT2D eigenvalue weighted by Crippen LogP contribution is 2.35. The second-order valence-electron chi connectivity index (χ2n) is 12.0. The Labute approximate surface area is 246 Å². The highest BCUT2D eigenvalue weighted by molar-refractivity contribution is 5.67. The molecule has 1 aliphatic carbocycles. The summed E-state index contributed by atoms with van der Waals surface area (Å²) in [5.74, 6) is 0.699. The highest BCUT2D eigenvalue weighted by atomic mass is 15.3. The predicted molar refractivity (Wildman–Crippen MR) is 171 cm³/mol. The number of nitrogens with zero attached hydrogens (tertiary/aromatic N) is 4. The summed E-state index contributed by atoms with van der Waals surface area (Å²) >= 11 is 0. The summed E-state index contributed by atoms with van der Waals surface area (Å²) in [5, 5.41) is 8.80. The van der Waals surface area contributed by atoms with Crippen LogP contribution in [0.15, 0.2) is 79.0 Å². The van der Waals surface area contributed by atoms with Crippen molar-refractivity contribution in [3.8, 4) is 16.8 Å². The van der Waals surface area contributed by atoms with E-state index in [4.69, 9.17) is 5.10 Å². The Morgan fingerprint density at radius 3 is 2.41 bits per heavy atom. The topological polar surface area (TPSA) is 36.3 Å². The maximum absolute atomic E-state index is 5.08. The van der Waals surface area contributed by atoms with Gasteiger partial charge in [-0.2, -0.15) is 5.10 Å². The van der Waals surface area contributed by atoms with Crippen LogP contribution in [0.3, 0.4) is 0 Å². The van der Waals surface area contributed by atoms with Gasteiger partial charge in [0.25, 0.3) is 0 Å². The average molecular weight is 548 g/mol. The van der Waals surface area contributed by atoms with E-state index in [1.165, 1.54) is 65.6 Å². The Kier molecular flexibility index (Phi) is 8.83. The highest BCUT2D eigenvalue weighted by Gasteiger charge is 2.20. The largest absolute Gasteiger partial charge is 0.369 e. The van der Waals surface area contributed by atoms with Gasteiger partial charge in [-0.15, -0.1) is 0 Å². The number of rotatable bonds is 9. The third-order valence-corrected chi connectivity index (χ3v) is 9.05. The van der Waals surface area contributed by atoms with Gasteiger partial charge in [-0.3, -0.25) is 4.90 Å². The number of anilines is 1. The van der Waals surface area contributed by atoms with Crippen LogP contribution in [0, 0.1) is 13.8 Å². The Balaban J connectivity index is 1.10. The zero-order chi connectivity index (χ0) is 28.0. The molecule has 3 aromatic carbocycles. The average Bonchev–Trinajstić information content (AvgIpc) is 3.45. The van der Waals surface area contributed by atoms with E-state index in [-0.39, 0.29) is 0 Å². The maximum Gasteiger partial charge on any atom is 0.0845 e. The Hall–Kier alpha value is -3.41. The maximum atomic E-state index is 5.08. The first-order valence-electron chi connectivity index (χ1n) is 15.6. The van der Waals surface area contributed by atoms with Crippen molar-refractivity contribution in [1.29, 1.82) is 0 Å². The third kappa shape index (κ3) is 6.74. The minimum Gasteiger partial charge on any atom is -0.369 e. The lowest BCUT2D eigenvalue weighted by atomic mass is 9.83. The van der Waals surface area contributed by atoms with Crippen molar-refractivity contribution in [2.75, 3.05) is 44.2 Å². The second-order valence-corrected chi connectivity index (χ2v) is 12.0. The monoisotopic (exact) mass is 547 g/mol. The summed E-state index contributed by atoms with van der Waals surface area (Å²) in [6.07, 6.45) is 8.96. The van der Waals surface area contributed by atoms with Gasteiger partial charge in [0.05, 0.1) is 11.4 Å². The molecular formula is C36H45N5. The summed E-state index contributed by atoms with van der Waals surface area (Å²) in [5.41, 5.74) is 10.4. The zero-order valence-corrected chi connectivity index (χ0v) is 24.9. The molecule has 2 aliphatic rings. The van der Waals surface area contributed by atoms with Crippen molar-refractivity contribution in [2.24, 2.45) is 0 Å². The minimum absolute atomic E-state index is 0.699. The Morgan fingerprint density at radius 1 is 0.829 bits per heavy atom. The van der Waals surface area contributed by atoms with E-state index in [0.717, 1.165) is 57.2 Å². The molecule has 1 aliphatic heterocycles. The van der Waals surface area contributed by atoms with Gasteiger partial charge in [-0.25, -0.2) is 4.68 Å². The van der Waals surface area contributed by atoms with Crippen LogP contribution in [0.2, 0.25) is 0 Å². The first kappa shape index (κ1) is 27.7. The molecular weight excluding hydrogens is 502 g/mol. The van der Waals surface area contributed by atoms with Crippen molar-refractivity contribution in [2.45, 2.75) is 58.4 Å². The van der Waals surface area contributed by atoms with Gasteiger partial charge >= 0.3 is 0 Å². The summed E-state index contributed by atoms with van der Waals surface area (Å²) in [7, 11) is 0.